The molecule has 0 radical (unpaired) electrons. The molecule has 0 saturated carbocycles. The maximum Gasteiger partial charge on any atom is 0.161 e. The minimum absolute atomic E-state index is 0.0871. The van der Waals surface area contributed by atoms with Gasteiger partial charge in [-0.1, -0.05) is 12.2 Å². The number of Topliss-reactive ketones (excluding diaryl/α,β-unsaturated/α-hetero) is 1. The minimum atomic E-state index is 0.0871. The normalized spacial score (nSPS) is 27.5. The number of rotatable bonds is 1. The van der Waals surface area contributed by atoms with Crippen molar-refractivity contribution in [2.75, 3.05) is 0 Å². The molecule has 0 amide bonds. The van der Waals surface area contributed by atoms with Crippen LogP contribution < -0.4 is 0 Å². The average molecular weight is 149 g/mol. The number of hydrogen-bond donors (Lipinski definition) is 0. The van der Waals surface area contributed by atoms with Crippen molar-refractivity contribution in [1.82, 2.24) is 0 Å². The van der Waals surface area contributed by atoms with Crippen molar-refractivity contribution in [2.24, 2.45) is 4.99 Å². The smallest absolute Gasteiger partial charge is 0.161 e. The monoisotopic (exact) mass is 149 g/mol. The van der Waals surface area contributed by atoms with Crippen LogP contribution in [0.3, 0.4) is 0 Å². The summed E-state index contributed by atoms with van der Waals surface area (Å²) in [5, 5.41) is 0. The van der Waals surface area contributed by atoms with E-state index in [0.29, 0.717) is 5.57 Å². The number of nitrogens with zero attached hydrogens (tertiary/aromatic N) is 1. The molecule has 0 spiro atoms. The van der Waals surface area contributed by atoms with E-state index in [1.54, 1.807) is 19.3 Å². The molecule has 1 aliphatic rings. The Bertz CT molecular complexity index is 236. The van der Waals surface area contributed by atoms with E-state index in [4.69, 9.17) is 0 Å². The van der Waals surface area contributed by atoms with Crippen LogP contribution in [0.15, 0.2) is 28.9 Å². The molecule has 0 N–H and O–H groups in total. The topological polar surface area (TPSA) is 29.4 Å². The van der Waals surface area contributed by atoms with E-state index in [-0.39, 0.29) is 5.78 Å². The Morgan fingerprint density at radius 2 is 2.36 bits per heavy atom. The third-order valence-corrected chi connectivity index (χ3v) is 1.51. The molecule has 0 aliphatic carbocycles. The molecule has 2 heteroatoms. The maximum absolute atomic E-state index is 10.9. The number of ketones is 1. The SMILES string of the molecule is CC(=O)C1=C/CC/C=C/N=C\1. The summed E-state index contributed by atoms with van der Waals surface area (Å²) in [6, 6.07) is 0. The Balaban J connectivity index is 2.77. The second kappa shape index (κ2) is 3.86. The standard InChI is InChI=1S/C9H11NO/c1-8(11)9-5-3-2-4-6-10-7-9/h4-7H,2-3H2,1H3/b6-4+,9-5+,10-7-. The Labute approximate surface area is 66.3 Å². The third-order valence-electron chi connectivity index (χ3n) is 1.51. The Hall–Kier alpha value is -1.18. The molecule has 0 atom stereocenters. The average Bonchev–Trinajstić information content (AvgIpc) is 1.84. The van der Waals surface area contributed by atoms with Crippen molar-refractivity contribution < 1.29 is 4.79 Å². The molecule has 1 aliphatic heterocycles. The van der Waals surface area contributed by atoms with Gasteiger partial charge in [0.1, 0.15) is 0 Å². The van der Waals surface area contributed by atoms with Gasteiger partial charge in [0, 0.05) is 18.0 Å². The molecule has 0 fully saturated rings. The highest BCUT2D eigenvalue weighted by molar-refractivity contribution is 6.12. The van der Waals surface area contributed by atoms with Gasteiger partial charge in [0.2, 0.25) is 0 Å². The fourth-order valence-electron chi connectivity index (χ4n) is 0.881. The van der Waals surface area contributed by atoms with Gasteiger partial charge in [0.25, 0.3) is 0 Å². The molecule has 0 aromatic rings. The van der Waals surface area contributed by atoms with Crippen LogP contribution in [0.25, 0.3) is 0 Å². The highest BCUT2D eigenvalue weighted by Gasteiger charge is 1.98. The Kier molecular flexibility index (Phi) is 2.78. The van der Waals surface area contributed by atoms with Crippen molar-refractivity contribution >= 4 is 12.0 Å². The zero-order chi connectivity index (χ0) is 8.10. The zero-order valence-corrected chi connectivity index (χ0v) is 6.58. The highest BCUT2D eigenvalue weighted by Crippen LogP contribution is 2.02. The molecule has 11 heavy (non-hydrogen) atoms. The summed E-state index contributed by atoms with van der Waals surface area (Å²) in [5.74, 6) is 0.0871. The van der Waals surface area contributed by atoms with Gasteiger partial charge in [-0.05, 0) is 19.8 Å². The van der Waals surface area contributed by atoms with Crippen LogP contribution in [0.2, 0.25) is 0 Å². The Morgan fingerprint density at radius 1 is 1.55 bits per heavy atom. The lowest BCUT2D eigenvalue weighted by molar-refractivity contribution is -0.113. The zero-order valence-electron chi connectivity index (χ0n) is 6.58. The molecular weight excluding hydrogens is 138 g/mol. The number of aliphatic imine (C=N–C) groups is 1. The van der Waals surface area contributed by atoms with Crippen LogP contribution in [0.4, 0.5) is 0 Å². The second-order valence-electron chi connectivity index (χ2n) is 2.46. The van der Waals surface area contributed by atoms with Gasteiger partial charge in [0.15, 0.2) is 5.78 Å². The first kappa shape index (κ1) is 7.92. The molecule has 0 unspecified atom stereocenters. The van der Waals surface area contributed by atoms with Gasteiger partial charge in [-0.15, -0.1) is 0 Å². The van der Waals surface area contributed by atoms with E-state index in [1.807, 2.05) is 12.2 Å². The number of carbonyl (C=O) groups is 1. The molecule has 0 bridgehead atoms. The van der Waals surface area contributed by atoms with E-state index >= 15 is 0 Å². The van der Waals surface area contributed by atoms with E-state index < -0.39 is 0 Å². The van der Waals surface area contributed by atoms with Crippen LogP contribution in [0.1, 0.15) is 19.8 Å². The summed E-state index contributed by atoms with van der Waals surface area (Å²) in [6.07, 6.45) is 9.15. The molecule has 1 rings (SSSR count). The lowest BCUT2D eigenvalue weighted by atomic mass is 10.1. The van der Waals surface area contributed by atoms with Crippen molar-refractivity contribution in [1.29, 1.82) is 0 Å². The Morgan fingerprint density at radius 3 is 3.09 bits per heavy atom. The first-order chi connectivity index (χ1) is 5.30. The summed E-state index contributed by atoms with van der Waals surface area (Å²) in [7, 11) is 0. The van der Waals surface area contributed by atoms with Gasteiger partial charge in [-0.25, -0.2) is 0 Å². The van der Waals surface area contributed by atoms with Crippen LogP contribution in [-0.2, 0) is 4.79 Å². The van der Waals surface area contributed by atoms with Crippen molar-refractivity contribution in [3.05, 3.63) is 23.9 Å². The molecule has 0 aromatic heterocycles. The van der Waals surface area contributed by atoms with E-state index in [9.17, 15) is 4.79 Å². The van der Waals surface area contributed by atoms with Crippen LogP contribution >= 0.6 is 0 Å². The maximum atomic E-state index is 10.9. The fraction of sp³-hybridized carbons (Fsp3) is 0.333. The van der Waals surface area contributed by atoms with Crippen LogP contribution in [0.5, 0.6) is 0 Å². The summed E-state index contributed by atoms with van der Waals surface area (Å²) < 4.78 is 0. The van der Waals surface area contributed by atoms with E-state index in [2.05, 4.69) is 4.99 Å². The number of carbonyl (C=O) groups excluding carboxylic acids is 1. The molecule has 0 saturated heterocycles. The van der Waals surface area contributed by atoms with E-state index in [1.165, 1.54) is 0 Å². The number of allylic oxidation sites excluding steroid dienone is 3. The largest absolute Gasteiger partial charge is 0.294 e. The minimum Gasteiger partial charge on any atom is -0.294 e. The number of hydrogen-bond acceptors (Lipinski definition) is 2. The fourth-order valence-corrected chi connectivity index (χ4v) is 0.881. The molecule has 2 nitrogen and oxygen atoms in total. The summed E-state index contributed by atoms with van der Waals surface area (Å²) in [4.78, 5) is 14.8. The molecular formula is C9H11NO. The van der Waals surface area contributed by atoms with Gasteiger partial charge >= 0.3 is 0 Å². The lowest BCUT2D eigenvalue weighted by Gasteiger charge is -1.96. The van der Waals surface area contributed by atoms with Crippen molar-refractivity contribution in [3.8, 4) is 0 Å². The predicted octanol–water partition coefficient (Wildman–Crippen LogP) is 1.88. The summed E-state index contributed by atoms with van der Waals surface area (Å²) in [6.45, 7) is 1.56. The third kappa shape index (κ3) is 2.50. The lowest BCUT2D eigenvalue weighted by Crippen LogP contribution is -1.98. The van der Waals surface area contributed by atoms with Crippen molar-refractivity contribution in [3.63, 3.8) is 0 Å². The second-order valence-corrected chi connectivity index (χ2v) is 2.46. The first-order valence-electron chi connectivity index (χ1n) is 3.70. The quantitative estimate of drug-likeness (QED) is 0.559. The highest BCUT2D eigenvalue weighted by atomic mass is 16.1. The summed E-state index contributed by atoms with van der Waals surface area (Å²) >= 11 is 0. The predicted molar refractivity (Wildman–Crippen MR) is 45.6 cm³/mol. The molecule has 58 valence electrons. The van der Waals surface area contributed by atoms with Crippen molar-refractivity contribution in [2.45, 2.75) is 19.8 Å². The first-order valence-corrected chi connectivity index (χ1v) is 3.70. The van der Waals surface area contributed by atoms with E-state index in [0.717, 1.165) is 12.8 Å². The van der Waals surface area contributed by atoms with Crippen LogP contribution in [0, 0.1) is 0 Å². The van der Waals surface area contributed by atoms with Gasteiger partial charge < -0.3 is 0 Å². The van der Waals surface area contributed by atoms with Gasteiger partial charge in [-0.2, -0.15) is 0 Å². The van der Waals surface area contributed by atoms with Gasteiger partial charge in [-0.3, -0.25) is 9.79 Å². The van der Waals surface area contributed by atoms with Gasteiger partial charge in [0.05, 0.1) is 0 Å². The van der Waals surface area contributed by atoms with Crippen LogP contribution in [-0.4, -0.2) is 12.0 Å². The summed E-state index contributed by atoms with van der Waals surface area (Å²) in [5.41, 5.74) is 0.717. The molecule has 1 heterocycles. The molecule has 0 aromatic carbocycles.